The van der Waals surface area contributed by atoms with Gasteiger partial charge in [0.1, 0.15) is 0 Å². The van der Waals surface area contributed by atoms with Gasteiger partial charge in [0.15, 0.2) is 0 Å². The SMILES string of the molecule is CCC(CC(=O)O)NC(=O)NCCCNC1CC1. The molecule has 1 rings (SSSR count). The fraction of sp³-hybridized carbons (Fsp3) is 0.833. The molecule has 0 aliphatic heterocycles. The number of hydrogen-bond acceptors (Lipinski definition) is 3. The van der Waals surface area contributed by atoms with Gasteiger partial charge in [-0.25, -0.2) is 4.79 Å². The third-order valence-corrected chi connectivity index (χ3v) is 2.90. The quantitative estimate of drug-likeness (QED) is 0.457. The topological polar surface area (TPSA) is 90.5 Å². The fourth-order valence-electron chi connectivity index (χ4n) is 1.63. The molecule has 0 radical (unpaired) electrons. The lowest BCUT2D eigenvalue weighted by molar-refractivity contribution is -0.137. The first kappa shape index (κ1) is 14.8. The largest absolute Gasteiger partial charge is 0.481 e. The maximum Gasteiger partial charge on any atom is 0.315 e. The average Bonchev–Trinajstić information content (AvgIpc) is 3.11. The summed E-state index contributed by atoms with van der Waals surface area (Å²) in [6.07, 6.45) is 4.00. The van der Waals surface area contributed by atoms with E-state index in [1.807, 2.05) is 6.92 Å². The first-order valence-corrected chi connectivity index (χ1v) is 6.61. The molecule has 0 saturated heterocycles. The second-order valence-electron chi connectivity index (χ2n) is 4.69. The standard InChI is InChI=1S/C12H23N3O3/c1-2-9(8-11(16)17)15-12(18)14-7-3-6-13-10-4-5-10/h9-10,13H,2-8H2,1H3,(H,16,17)(H2,14,15,18). The molecule has 1 saturated carbocycles. The van der Waals surface area contributed by atoms with Gasteiger partial charge in [-0.2, -0.15) is 0 Å². The van der Waals surface area contributed by atoms with E-state index < -0.39 is 5.97 Å². The molecule has 1 atom stereocenters. The minimum Gasteiger partial charge on any atom is -0.481 e. The molecule has 1 fully saturated rings. The predicted octanol–water partition coefficient (Wildman–Crippen LogP) is 0.681. The Labute approximate surface area is 108 Å². The Morgan fingerprint density at radius 2 is 2.06 bits per heavy atom. The third-order valence-electron chi connectivity index (χ3n) is 2.90. The molecule has 0 aromatic rings. The van der Waals surface area contributed by atoms with Crippen LogP contribution in [-0.4, -0.2) is 42.3 Å². The maximum atomic E-state index is 11.5. The minimum atomic E-state index is -0.893. The maximum absolute atomic E-state index is 11.5. The van der Waals surface area contributed by atoms with E-state index in [0.29, 0.717) is 19.0 Å². The van der Waals surface area contributed by atoms with Crippen LogP contribution in [0.5, 0.6) is 0 Å². The van der Waals surface area contributed by atoms with E-state index in [2.05, 4.69) is 16.0 Å². The zero-order valence-corrected chi connectivity index (χ0v) is 10.9. The molecule has 4 N–H and O–H groups in total. The Morgan fingerprint density at radius 3 is 2.61 bits per heavy atom. The summed E-state index contributed by atoms with van der Waals surface area (Å²) >= 11 is 0. The van der Waals surface area contributed by atoms with Gasteiger partial charge in [-0.15, -0.1) is 0 Å². The summed E-state index contributed by atoms with van der Waals surface area (Å²) < 4.78 is 0. The summed E-state index contributed by atoms with van der Waals surface area (Å²) in [4.78, 5) is 22.0. The highest BCUT2D eigenvalue weighted by Crippen LogP contribution is 2.18. The van der Waals surface area contributed by atoms with E-state index in [9.17, 15) is 9.59 Å². The molecule has 1 aliphatic carbocycles. The number of rotatable bonds is 9. The molecule has 1 aliphatic rings. The van der Waals surface area contributed by atoms with Crippen LogP contribution in [-0.2, 0) is 4.79 Å². The summed E-state index contributed by atoms with van der Waals surface area (Å²) in [6.45, 7) is 3.37. The Bertz CT molecular complexity index is 280. The molecule has 0 bridgehead atoms. The van der Waals surface area contributed by atoms with Crippen LogP contribution in [0, 0.1) is 0 Å². The van der Waals surface area contributed by atoms with Crippen LogP contribution in [0.2, 0.25) is 0 Å². The Kier molecular flexibility index (Phi) is 6.49. The normalized spacial score (nSPS) is 16.1. The molecule has 1 unspecified atom stereocenters. The molecule has 6 nitrogen and oxygen atoms in total. The van der Waals surface area contributed by atoms with Gasteiger partial charge in [0.05, 0.1) is 6.42 Å². The van der Waals surface area contributed by atoms with Crippen molar-refractivity contribution in [1.82, 2.24) is 16.0 Å². The van der Waals surface area contributed by atoms with Crippen LogP contribution >= 0.6 is 0 Å². The second-order valence-corrected chi connectivity index (χ2v) is 4.69. The number of hydrogen-bond donors (Lipinski definition) is 4. The van der Waals surface area contributed by atoms with E-state index in [4.69, 9.17) is 5.11 Å². The molecule has 104 valence electrons. The zero-order chi connectivity index (χ0) is 13.4. The van der Waals surface area contributed by atoms with Gasteiger partial charge in [0, 0.05) is 18.6 Å². The highest BCUT2D eigenvalue weighted by molar-refractivity contribution is 5.75. The highest BCUT2D eigenvalue weighted by Gasteiger charge is 2.19. The van der Waals surface area contributed by atoms with Gasteiger partial charge in [-0.05, 0) is 32.2 Å². The van der Waals surface area contributed by atoms with Crippen molar-refractivity contribution in [2.75, 3.05) is 13.1 Å². The van der Waals surface area contributed by atoms with Crippen molar-refractivity contribution < 1.29 is 14.7 Å². The minimum absolute atomic E-state index is 0.0346. The monoisotopic (exact) mass is 257 g/mol. The molecule has 6 heteroatoms. The lowest BCUT2D eigenvalue weighted by atomic mass is 10.1. The number of carbonyl (C=O) groups is 2. The molecule has 2 amide bonds. The average molecular weight is 257 g/mol. The van der Waals surface area contributed by atoms with Crippen molar-refractivity contribution in [1.29, 1.82) is 0 Å². The number of carboxylic acid groups (broad SMARTS) is 1. The van der Waals surface area contributed by atoms with Crippen LogP contribution in [0.1, 0.15) is 39.0 Å². The Balaban J connectivity index is 2.01. The lowest BCUT2D eigenvalue weighted by Crippen LogP contribution is -2.43. The van der Waals surface area contributed by atoms with Crippen molar-refractivity contribution in [3.63, 3.8) is 0 Å². The van der Waals surface area contributed by atoms with Crippen LogP contribution in [0.4, 0.5) is 4.79 Å². The van der Waals surface area contributed by atoms with Gasteiger partial charge in [-0.1, -0.05) is 6.92 Å². The van der Waals surface area contributed by atoms with E-state index >= 15 is 0 Å². The van der Waals surface area contributed by atoms with Crippen molar-refractivity contribution in [2.24, 2.45) is 0 Å². The molecule has 0 aromatic carbocycles. The van der Waals surface area contributed by atoms with Crippen molar-refractivity contribution in [2.45, 2.75) is 51.1 Å². The van der Waals surface area contributed by atoms with E-state index in [1.54, 1.807) is 0 Å². The number of urea groups is 1. The van der Waals surface area contributed by atoms with E-state index in [0.717, 1.165) is 13.0 Å². The predicted molar refractivity (Wildman–Crippen MR) is 68.5 cm³/mol. The molecule has 0 spiro atoms. The second kappa shape index (κ2) is 7.92. The van der Waals surface area contributed by atoms with Crippen molar-refractivity contribution in [3.05, 3.63) is 0 Å². The Morgan fingerprint density at radius 1 is 1.33 bits per heavy atom. The molecular formula is C12H23N3O3. The van der Waals surface area contributed by atoms with Gasteiger partial charge in [0.25, 0.3) is 0 Å². The van der Waals surface area contributed by atoms with Crippen LogP contribution in [0.25, 0.3) is 0 Å². The molecule has 0 heterocycles. The van der Waals surface area contributed by atoms with E-state index in [-0.39, 0.29) is 18.5 Å². The number of carbonyl (C=O) groups excluding carboxylic acids is 1. The molecular weight excluding hydrogens is 234 g/mol. The van der Waals surface area contributed by atoms with Crippen LogP contribution < -0.4 is 16.0 Å². The number of aliphatic carboxylic acids is 1. The van der Waals surface area contributed by atoms with Crippen molar-refractivity contribution >= 4 is 12.0 Å². The summed E-state index contributed by atoms with van der Waals surface area (Å²) in [5.74, 6) is -0.893. The van der Waals surface area contributed by atoms with Gasteiger partial charge in [-0.3, -0.25) is 4.79 Å². The van der Waals surface area contributed by atoms with Crippen LogP contribution in [0.3, 0.4) is 0 Å². The lowest BCUT2D eigenvalue weighted by Gasteiger charge is -2.15. The van der Waals surface area contributed by atoms with Gasteiger partial charge >= 0.3 is 12.0 Å². The third kappa shape index (κ3) is 7.11. The number of nitrogens with one attached hydrogen (secondary N) is 3. The van der Waals surface area contributed by atoms with Crippen LogP contribution in [0.15, 0.2) is 0 Å². The van der Waals surface area contributed by atoms with Gasteiger partial charge < -0.3 is 21.1 Å². The zero-order valence-electron chi connectivity index (χ0n) is 10.9. The number of carboxylic acids is 1. The molecule has 18 heavy (non-hydrogen) atoms. The number of amides is 2. The van der Waals surface area contributed by atoms with Crippen molar-refractivity contribution in [3.8, 4) is 0 Å². The first-order valence-electron chi connectivity index (χ1n) is 6.61. The van der Waals surface area contributed by atoms with E-state index in [1.165, 1.54) is 12.8 Å². The summed E-state index contributed by atoms with van der Waals surface area (Å²) in [6, 6.07) is 0.112. The van der Waals surface area contributed by atoms with Gasteiger partial charge in [0.2, 0.25) is 0 Å². The highest BCUT2D eigenvalue weighted by atomic mass is 16.4. The molecule has 0 aromatic heterocycles. The first-order chi connectivity index (χ1) is 8.61. The summed E-state index contributed by atoms with van der Waals surface area (Å²) in [5.41, 5.74) is 0. The summed E-state index contributed by atoms with van der Waals surface area (Å²) in [7, 11) is 0. The fourth-order valence-corrected chi connectivity index (χ4v) is 1.63. The summed E-state index contributed by atoms with van der Waals surface area (Å²) in [5, 5.41) is 17.4. The Hall–Kier alpha value is -1.30. The smallest absolute Gasteiger partial charge is 0.315 e.